The van der Waals surface area contributed by atoms with Crippen LogP contribution in [0.5, 0.6) is 0 Å². The molecule has 1 fully saturated rings. The normalized spacial score (nSPS) is 17.3. The molecule has 1 aliphatic heterocycles. The minimum Gasteiger partial charge on any atom is -0.469 e. The summed E-state index contributed by atoms with van der Waals surface area (Å²) in [6.07, 6.45) is -0.195. The largest absolute Gasteiger partial charge is 0.469 e. The van der Waals surface area contributed by atoms with E-state index in [1.165, 1.54) is 12.0 Å². The molecule has 1 atom stereocenters. The number of nitrogens with zero attached hydrogens (tertiary/aromatic N) is 2. The third-order valence-corrected chi connectivity index (χ3v) is 3.85. The van der Waals surface area contributed by atoms with E-state index in [9.17, 15) is 14.4 Å². The van der Waals surface area contributed by atoms with Crippen molar-refractivity contribution in [3.05, 3.63) is 60.7 Å². The predicted octanol–water partition coefficient (Wildman–Crippen LogP) is 2.59. The summed E-state index contributed by atoms with van der Waals surface area (Å²) >= 11 is 0. The van der Waals surface area contributed by atoms with Crippen molar-refractivity contribution in [1.29, 1.82) is 0 Å². The Morgan fingerprint density at radius 1 is 0.958 bits per heavy atom. The Hall–Kier alpha value is -3.15. The van der Waals surface area contributed by atoms with Crippen LogP contribution < -0.4 is 9.80 Å². The summed E-state index contributed by atoms with van der Waals surface area (Å²) in [7, 11) is 1.26. The SMILES string of the molecule is COC(=O)CC1C(=O)N(c2ccccc2)C(=O)N1c1ccccc1. The van der Waals surface area contributed by atoms with Gasteiger partial charge in [-0.25, -0.2) is 9.69 Å². The number of amides is 3. The first-order valence-corrected chi connectivity index (χ1v) is 7.47. The summed E-state index contributed by atoms with van der Waals surface area (Å²) in [5.74, 6) is -0.988. The average molecular weight is 324 g/mol. The number of esters is 1. The van der Waals surface area contributed by atoms with E-state index in [2.05, 4.69) is 4.74 Å². The first-order valence-electron chi connectivity index (χ1n) is 7.47. The zero-order valence-corrected chi connectivity index (χ0v) is 13.1. The van der Waals surface area contributed by atoms with Gasteiger partial charge in [0, 0.05) is 5.69 Å². The lowest BCUT2D eigenvalue weighted by atomic mass is 10.1. The number of imide groups is 1. The van der Waals surface area contributed by atoms with Crippen LogP contribution >= 0.6 is 0 Å². The Bertz CT molecular complexity index is 761. The van der Waals surface area contributed by atoms with Crippen molar-refractivity contribution in [3.8, 4) is 0 Å². The molecule has 1 saturated heterocycles. The summed E-state index contributed by atoms with van der Waals surface area (Å²) in [5.41, 5.74) is 1.03. The monoisotopic (exact) mass is 324 g/mol. The minimum atomic E-state index is -0.924. The van der Waals surface area contributed by atoms with Gasteiger partial charge in [-0.1, -0.05) is 36.4 Å². The van der Waals surface area contributed by atoms with Crippen molar-refractivity contribution in [2.24, 2.45) is 0 Å². The smallest absolute Gasteiger partial charge is 0.336 e. The van der Waals surface area contributed by atoms with Crippen LogP contribution in [0.3, 0.4) is 0 Å². The van der Waals surface area contributed by atoms with Crippen molar-refractivity contribution in [3.63, 3.8) is 0 Å². The summed E-state index contributed by atoms with van der Waals surface area (Å²) in [5, 5.41) is 0. The van der Waals surface area contributed by atoms with E-state index in [1.54, 1.807) is 54.6 Å². The highest BCUT2D eigenvalue weighted by molar-refractivity contribution is 6.29. The molecule has 0 saturated carbocycles. The Morgan fingerprint density at radius 3 is 2.04 bits per heavy atom. The predicted molar refractivity (Wildman–Crippen MR) is 88.7 cm³/mol. The van der Waals surface area contributed by atoms with Gasteiger partial charge >= 0.3 is 12.0 Å². The van der Waals surface area contributed by atoms with Crippen LogP contribution in [0.25, 0.3) is 0 Å². The molecule has 122 valence electrons. The molecule has 0 aromatic heterocycles. The number of carbonyl (C=O) groups excluding carboxylic acids is 3. The molecular formula is C18H16N2O4. The number of benzene rings is 2. The molecule has 2 aromatic rings. The molecule has 0 aliphatic carbocycles. The third-order valence-electron chi connectivity index (χ3n) is 3.85. The number of ether oxygens (including phenoxy) is 1. The molecule has 2 aromatic carbocycles. The van der Waals surface area contributed by atoms with E-state index >= 15 is 0 Å². The molecular weight excluding hydrogens is 308 g/mol. The van der Waals surface area contributed by atoms with E-state index in [0.29, 0.717) is 11.4 Å². The Labute approximate surface area is 139 Å². The van der Waals surface area contributed by atoms with E-state index in [-0.39, 0.29) is 6.42 Å². The number of hydrogen-bond donors (Lipinski definition) is 0. The minimum absolute atomic E-state index is 0.195. The Balaban J connectivity index is 2.02. The molecule has 6 heteroatoms. The van der Waals surface area contributed by atoms with Crippen LogP contribution in [-0.4, -0.2) is 31.1 Å². The van der Waals surface area contributed by atoms with Crippen molar-refractivity contribution in [1.82, 2.24) is 0 Å². The molecule has 1 unspecified atom stereocenters. The van der Waals surface area contributed by atoms with Gasteiger partial charge in [-0.2, -0.15) is 0 Å². The molecule has 3 rings (SSSR count). The number of hydrogen-bond acceptors (Lipinski definition) is 4. The lowest BCUT2D eigenvalue weighted by molar-refractivity contribution is -0.142. The van der Waals surface area contributed by atoms with E-state index in [1.807, 2.05) is 6.07 Å². The van der Waals surface area contributed by atoms with Crippen LogP contribution in [0.15, 0.2) is 60.7 Å². The highest BCUT2D eigenvalue weighted by Crippen LogP contribution is 2.31. The van der Waals surface area contributed by atoms with E-state index < -0.39 is 23.9 Å². The quantitative estimate of drug-likeness (QED) is 0.640. The molecule has 0 N–H and O–H groups in total. The molecule has 1 heterocycles. The Morgan fingerprint density at radius 2 is 1.50 bits per heavy atom. The highest BCUT2D eigenvalue weighted by Gasteiger charge is 2.47. The Kier molecular flexibility index (Phi) is 4.29. The topological polar surface area (TPSA) is 66.9 Å². The number of carbonyl (C=O) groups is 3. The maximum absolute atomic E-state index is 12.9. The maximum atomic E-state index is 12.9. The van der Waals surface area contributed by atoms with Crippen LogP contribution in [0.1, 0.15) is 6.42 Å². The zero-order valence-electron chi connectivity index (χ0n) is 13.1. The van der Waals surface area contributed by atoms with Gasteiger partial charge in [0.25, 0.3) is 5.91 Å². The standard InChI is InChI=1S/C18H16N2O4/c1-24-16(21)12-15-17(22)20(14-10-6-3-7-11-14)18(23)19(15)13-8-4-2-5-9-13/h2-11,15H,12H2,1H3. The fraction of sp³-hybridized carbons (Fsp3) is 0.167. The molecule has 1 aliphatic rings. The second kappa shape index (κ2) is 6.54. The molecule has 6 nitrogen and oxygen atoms in total. The van der Waals surface area contributed by atoms with E-state index in [0.717, 1.165) is 4.90 Å². The van der Waals surface area contributed by atoms with Crippen LogP contribution in [-0.2, 0) is 14.3 Å². The van der Waals surface area contributed by atoms with Gasteiger partial charge in [0.1, 0.15) is 6.04 Å². The molecule has 0 radical (unpaired) electrons. The number of urea groups is 1. The first kappa shape index (κ1) is 15.7. The maximum Gasteiger partial charge on any atom is 0.336 e. The van der Waals surface area contributed by atoms with Crippen LogP contribution in [0.4, 0.5) is 16.2 Å². The van der Waals surface area contributed by atoms with Crippen LogP contribution in [0.2, 0.25) is 0 Å². The number of anilines is 2. The average Bonchev–Trinajstić information content (AvgIpc) is 2.86. The highest BCUT2D eigenvalue weighted by atomic mass is 16.5. The van der Waals surface area contributed by atoms with Crippen molar-refractivity contribution in [2.75, 3.05) is 16.9 Å². The van der Waals surface area contributed by atoms with Crippen molar-refractivity contribution in [2.45, 2.75) is 12.5 Å². The van der Waals surface area contributed by atoms with Crippen molar-refractivity contribution < 1.29 is 19.1 Å². The lowest BCUT2D eigenvalue weighted by Gasteiger charge is -2.21. The first-order chi connectivity index (χ1) is 11.6. The molecule has 3 amide bonds. The molecule has 0 bridgehead atoms. The second-order valence-corrected chi connectivity index (χ2v) is 5.29. The summed E-state index contributed by atoms with van der Waals surface area (Å²) < 4.78 is 4.67. The van der Waals surface area contributed by atoms with Gasteiger partial charge < -0.3 is 4.74 Å². The fourth-order valence-electron chi connectivity index (χ4n) is 2.71. The molecule has 24 heavy (non-hydrogen) atoms. The lowest BCUT2D eigenvalue weighted by Crippen LogP contribution is -2.37. The van der Waals surface area contributed by atoms with Gasteiger partial charge in [-0.15, -0.1) is 0 Å². The van der Waals surface area contributed by atoms with Gasteiger partial charge in [-0.3, -0.25) is 14.5 Å². The number of para-hydroxylation sites is 2. The van der Waals surface area contributed by atoms with Gasteiger partial charge in [0.05, 0.1) is 19.2 Å². The summed E-state index contributed by atoms with van der Waals surface area (Å²) in [4.78, 5) is 39.8. The molecule has 0 spiro atoms. The van der Waals surface area contributed by atoms with Gasteiger partial charge in [0.15, 0.2) is 0 Å². The number of rotatable bonds is 4. The van der Waals surface area contributed by atoms with Crippen molar-refractivity contribution >= 4 is 29.3 Å². The summed E-state index contributed by atoms with van der Waals surface area (Å²) in [6.45, 7) is 0. The second-order valence-electron chi connectivity index (χ2n) is 5.29. The van der Waals surface area contributed by atoms with Gasteiger partial charge in [0.2, 0.25) is 0 Å². The fourth-order valence-corrected chi connectivity index (χ4v) is 2.71. The van der Waals surface area contributed by atoms with Crippen LogP contribution in [0, 0.1) is 0 Å². The zero-order chi connectivity index (χ0) is 17.1. The number of methoxy groups -OCH3 is 1. The van der Waals surface area contributed by atoms with Gasteiger partial charge in [-0.05, 0) is 24.3 Å². The van der Waals surface area contributed by atoms with E-state index in [4.69, 9.17) is 0 Å². The third kappa shape index (κ3) is 2.74. The summed E-state index contributed by atoms with van der Waals surface area (Å²) in [6, 6.07) is 16.1.